The maximum Gasteiger partial charge on any atom is 0.262 e. The van der Waals surface area contributed by atoms with E-state index in [1.165, 1.54) is 16.9 Å². The molecule has 0 fully saturated rings. The summed E-state index contributed by atoms with van der Waals surface area (Å²) in [5.74, 6) is 1.43. The third kappa shape index (κ3) is 3.56. The van der Waals surface area contributed by atoms with Gasteiger partial charge in [-0.3, -0.25) is 14.2 Å². The molecule has 0 bridgehead atoms. The van der Waals surface area contributed by atoms with Gasteiger partial charge < -0.3 is 9.73 Å². The SMILES string of the molecule is Cc1ccc(C(C)NC(=O)CCn2cnc3sc4c(c3c2=O)CCCC4)o1. The molecule has 0 saturated carbocycles. The molecule has 3 aromatic heterocycles. The molecule has 27 heavy (non-hydrogen) atoms. The second-order valence-corrected chi connectivity index (χ2v) is 8.21. The Balaban J connectivity index is 1.46. The van der Waals surface area contributed by atoms with Gasteiger partial charge in [0.15, 0.2) is 0 Å². The lowest BCUT2D eigenvalue weighted by Crippen LogP contribution is -2.29. The van der Waals surface area contributed by atoms with Crippen molar-refractivity contribution in [2.45, 2.75) is 58.5 Å². The number of nitrogens with one attached hydrogen (secondary N) is 1. The second kappa shape index (κ2) is 7.31. The Kier molecular flexibility index (Phi) is 4.86. The monoisotopic (exact) mass is 385 g/mol. The largest absolute Gasteiger partial charge is 0.464 e. The summed E-state index contributed by atoms with van der Waals surface area (Å²) < 4.78 is 7.10. The van der Waals surface area contributed by atoms with E-state index in [9.17, 15) is 9.59 Å². The molecule has 1 amide bonds. The number of hydrogen-bond acceptors (Lipinski definition) is 5. The van der Waals surface area contributed by atoms with E-state index in [1.807, 2.05) is 26.0 Å². The molecular weight excluding hydrogens is 362 g/mol. The molecular formula is C20H23N3O3S. The standard InChI is InChI=1S/C20H23N3O3S/c1-12-7-8-15(26-12)13(2)22-17(24)9-10-23-11-21-19-18(20(23)25)14-5-3-4-6-16(14)27-19/h7-8,11,13H,3-6,9-10H2,1-2H3,(H,22,24). The smallest absolute Gasteiger partial charge is 0.262 e. The van der Waals surface area contributed by atoms with E-state index in [0.717, 1.165) is 41.0 Å². The summed E-state index contributed by atoms with van der Waals surface area (Å²) in [6, 6.07) is 3.54. The second-order valence-electron chi connectivity index (χ2n) is 7.12. The van der Waals surface area contributed by atoms with E-state index in [-0.39, 0.29) is 23.9 Å². The van der Waals surface area contributed by atoms with Crippen molar-refractivity contribution in [1.82, 2.24) is 14.9 Å². The van der Waals surface area contributed by atoms with Crippen LogP contribution in [0.4, 0.5) is 0 Å². The first-order chi connectivity index (χ1) is 13.0. The summed E-state index contributed by atoms with van der Waals surface area (Å²) in [6.07, 6.45) is 6.10. The predicted molar refractivity (Wildman–Crippen MR) is 105 cm³/mol. The fourth-order valence-corrected chi connectivity index (χ4v) is 4.85. The van der Waals surface area contributed by atoms with Crippen LogP contribution in [0.25, 0.3) is 10.2 Å². The topological polar surface area (TPSA) is 77.1 Å². The first-order valence-corrected chi connectivity index (χ1v) is 10.2. The molecule has 6 nitrogen and oxygen atoms in total. The summed E-state index contributed by atoms with van der Waals surface area (Å²) >= 11 is 1.64. The number of carbonyl (C=O) groups is 1. The average Bonchev–Trinajstić information content (AvgIpc) is 3.25. The van der Waals surface area contributed by atoms with Crippen LogP contribution < -0.4 is 10.9 Å². The van der Waals surface area contributed by atoms with E-state index in [0.29, 0.717) is 6.54 Å². The summed E-state index contributed by atoms with van der Waals surface area (Å²) in [4.78, 5) is 31.8. The molecule has 0 saturated heterocycles. The third-order valence-electron chi connectivity index (χ3n) is 5.09. The van der Waals surface area contributed by atoms with Crippen molar-refractivity contribution < 1.29 is 9.21 Å². The molecule has 0 aromatic carbocycles. The van der Waals surface area contributed by atoms with Gasteiger partial charge in [-0.25, -0.2) is 4.98 Å². The normalized spacial score (nSPS) is 14.9. The van der Waals surface area contributed by atoms with Crippen LogP contribution in [0.2, 0.25) is 0 Å². The summed E-state index contributed by atoms with van der Waals surface area (Å²) in [7, 11) is 0. The van der Waals surface area contributed by atoms with Gasteiger partial charge in [-0.1, -0.05) is 0 Å². The summed E-state index contributed by atoms with van der Waals surface area (Å²) in [5.41, 5.74) is 1.15. The number of furan rings is 1. The average molecular weight is 385 g/mol. The highest BCUT2D eigenvalue weighted by Crippen LogP contribution is 2.33. The number of aromatic nitrogens is 2. The fraction of sp³-hybridized carbons (Fsp3) is 0.450. The quantitative estimate of drug-likeness (QED) is 0.729. The van der Waals surface area contributed by atoms with Crippen LogP contribution in [-0.2, 0) is 24.2 Å². The Morgan fingerprint density at radius 3 is 2.96 bits per heavy atom. The molecule has 0 radical (unpaired) electrons. The number of fused-ring (bicyclic) bond motifs is 3. The first-order valence-electron chi connectivity index (χ1n) is 9.38. The van der Waals surface area contributed by atoms with Crippen LogP contribution in [0.5, 0.6) is 0 Å². The number of aryl methyl sites for hydroxylation is 4. The van der Waals surface area contributed by atoms with E-state index in [1.54, 1.807) is 22.2 Å². The van der Waals surface area contributed by atoms with Crippen molar-refractivity contribution in [1.29, 1.82) is 0 Å². The lowest BCUT2D eigenvalue weighted by atomic mass is 9.97. The highest BCUT2D eigenvalue weighted by atomic mass is 32.1. The number of thiophene rings is 1. The molecule has 7 heteroatoms. The van der Waals surface area contributed by atoms with E-state index >= 15 is 0 Å². The van der Waals surface area contributed by atoms with Crippen molar-refractivity contribution >= 4 is 27.5 Å². The zero-order chi connectivity index (χ0) is 19.0. The molecule has 1 N–H and O–H groups in total. The van der Waals surface area contributed by atoms with Crippen LogP contribution in [0, 0.1) is 6.92 Å². The van der Waals surface area contributed by atoms with Crippen LogP contribution >= 0.6 is 11.3 Å². The van der Waals surface area contributed by atoms with Crippen molar-refractivity contribution in [3.63, 3.8) is 0 Å². The Morgan fingerprint density at radius 1 is 1.37 bits per heavy atom. The zero-order valence-electron chi connectivity index (χ0n) is 15.6. The molecule has 3 heterocycles. The Hall–Kier alpha value is -2.41. The Bertz CT molecular complexity index is 1050. The van der Waals surface area contributed by atoms with E-state index < -0.39 is 0 Å². The number of nitrogens with zero attached hydrogens (tertiary/aromatic N) is 2. The lowest BCUT2D eigenvalue weighted by molar-refractivity contribution is -0.122. The maximum atomic E-state index is 12.9. The number of amides is 1. The van der Waals surface area contributed by atoms with Gasteiger partial charge in [0.05, 0.1) is 17.8 Å². The molecule has 3 aromatic rings. The molecule has 4 rings (SSSR count). The molecule has 1 unspecified atom stereocenters. The molecule has 1 atom stereocenters. The number of carbonyl (C=O) groups excluding carboxylic acids is 1. The predicted octanol–water partition coefficient (Wildman–Crippen LogP) is 3.51. The van der Waals surface area contributed by atoms with Gasteiger partial charge in [-0.05, 0) is 57.2 Å². The van der Waals surface area contributed by atoms with Gasteiger partial charge in [0.2, 0.25) is 5.91 Å². The molecule has 142 valence electrons. The minimum atomic E-state index is -0.201. The lowest BCUT2D eigenvalue weighted by Gasteiger charge is -2.12. The number of hydrogen-bond donors (Lipinski definition) is 1. The van der Waals surface area contributed by atoms with E-state index in [4.69, 9.17) is 4.42 Å². The molecule has 0 spiro atoms. The van der Waals surface area contributed by atoms with Gasteiger partial charge in [0.25, 0.3) is 5.56 Å². The van der Waals surface area contributed by atoms with Gasteiger partial charge in [-0.15, -0.1) is 11.3 Å². The summed E-state index contributed by atoms with van der Waals surface area (Å²) in [6.45, 7) is 4.08. The maximum absolute atomic E-state index is 12.9. The van der Waals surface area contributed by atoms with Gasteiger partial charge >= 0.3 is 0 Å². The minimum absolute atomic E-state index is 0.0260. The van der Waals surface area contributed by atoms with Crippen LogP contribution in [0.15, 0.2) is 27.7 Å². The van der Waals surface area contributed by atoms with Crippen LogP contribution in [-0.4, -0.2) is 15.5 Å². The van der Waals surface area contributed by atoms with Crippen molar-refractivity contribution in [3.8, 4) is 0 Å². The minimum Gasteiger partial charge on any atom is -0.464 e. The van der Waals surface area contributed by atoms with Gasteiger partial charge in [0.1, 0.15) is 16.4 Å². The first kappa shape index (κ1) is 18.0. The van der Waals surface area contributed by atoms with Crippen LogP contribution in [0.1, 0.15) is 54.2 Å². The highest BCUT2D eigenvalue weighted by Gasteiger charge is 2.20. The van der Waals surface area contributed by atoms with E-state index in [2.05, 4.69) is 10.3 Å². The summed E-state index contributed by atoms with van der Waals surface area (Å²) in [5, 5.41) is 3.68. The fourth-order valence-electron chi connectivity index (χ4n) is 3.63. The zero-order valence-corrected chi connectivity index (χ0v) is 16.4. The Morgan fingerprint density at radius 2 is 2.19 bits per heavy atom. The van der Waals surface area contributed by atoms with Crippen molar-refractivity contribution in [3.05, 3.63) is 50.8 Å². The van der Waals surface area contributed by atoms with Crippen molar-refractivity contribution in [2.24, 2.45) is 0 Å². The molecule has 1 aliphatic carbocycles. The van der Waals surface area contributed by atoms with Gasteiger partial charge in [-0.2, -0.15) is 0 Å². The molecule has 0 aliphatic heterocycles. The third-order valence-corrected chi connectivity index (χ3v) is 6.29. The van der Waals surface area contributed by atoms with Crippen molar-refractivity contribution in [2.75, 3.05) is 0 Å². The van der Waals surface area contributed by atoms with Gasteiger partial charge in [0, 0.05) is 17.8 Å². The molecule has 1 aliphatic rings. The number of rotatable bonds is 5. The highest BCUT2D eigenvalue weighted by molar-refractivity contribution is 7.18. The Labute approximate surface area is 161 Å². The van der Waals surface area contributed by atoms with Crippen LogP contribution in [0.3, 0.4) is 0 Å².